The molecule has 20 heavy (non-hydrogen) atoms. The Morgan fingerprint density at radius 1 is 1.25 bits per heavy atom. The average molecular weight is 359 g/mol. The molecular weight excluding hydrogens is 345 g/mol. The van der Waals surface area contributed by atoms with Gasteiger partial charge in [-0.1, -0.05) is 45.7 Å². The van der Waals surface area contributed by atoms with Gasteiger partial charge in [0.15, 0.2) is 0 Å². The van der Waals surface area contributed by atoms with Crippen molar-refractivity contribution in [3.05, 3.63) is 62.8 Å². The van der Waals surface area contributed by atoms with Gasteiger partial charge < -0.3 is 10.1 Å². The standard InChI is InChI=1S/C15H14BrClFNO/c1-20-9-11-12(16)5-3-7-14(11)19-8-10-4-2-6-13(18)15(10)17/h2-7,19H,8-9H2,1H3. The van der Waals surface area contributed by atoms with Gasteiger partial charge in [-0.15, -0.1) is 0 Å². The fourth-order valence-electron chi connectivity index (χ4n) is 1.89. The van der Waals surface area contributed by atoms with Crippen LogP contribution in [0.4, 0.5) is 10.1 Å². The zero-order chi connectivity index (χ0) is 14.5. The minimum absolute atomic E-state index is 0.156. The molecule has 0 saturated heterocycles. The second-order valence-electron chi connectivity index (χ2n) is 4.27. The Hall–Kier alpha value is -1.10. The maximum Gasteiger partial charge on any atom is 0.142 e. The fourth-order valence-corrected chi connectivity index (χ4v) is 2.56. The highest BCUT2D eigenvalue weighted by Gasteiger charge is 2.09. The lowest BCUT2D eigenvalue weighted by atomic mass is 10.1. The average Bonchev–Trinajstić information content (AvgIpc) is 2.44. The topological polar surface area (TPSA) is 21.3 Å². The van der Waals surface area contributed by atoms with Crippen molar-refractivity contribution in [1.29, 1.82) is 0 Å². The molecule has 0 amide bonds. The van der Waals surface area contributed by atoms with Gasteiger partial charge >= 0.3 is 0 Å². The zero-order valence-electron chi connectivity index (χ0n) is 10.9. The maximum atomic E-state index is 13.4. The van der Waals surface area contributed by atoms with Gasteiger partial charge in [-0.25, -0.2) is 4.39 Å². The van der Waals surface area contributed by atoms with Crippen LogP contribution in [-0.4, -0.2) is 7.11 Å². The third kappa shape index (κ3) is 3.51. The van der Waals surface area contributed by atoms with E-state index in [4.69, 9.17) is 16.3 Å². The van der Waals surface area contributed by atoms with Crippen molar-refractivity contribution in [3.63, 3.8) is 0 Å². The first-order valence-corrected chi connectivity index (χ1v) is 7.23. The summed E-state index contributed by atoms with van der Waals surface area (Å²) in [7, 11) is 1.65. The summed E-state index contributed by atoms with van der Waals surface area (Å²) in [5.41, 5.74) is 2.67. The third-order valence-corrected chi connectivity index (χ3v) is 4.07. The van der Waals surface area contributed by atoms with E-state index in [1.165, 1.54) is 6.07 Å². The molecule has 0 saturated carbocycles. The normalized spacial score (nSPS) is 10.6. The van der Waals surface area contributed by atoms with Crippen LogP contribution in [0.3, 0.4) is 0 Å². The van der Waals surface area contributed by atoms with E-state index in [1.54, 1.807) is 19.2 Å². The lowest BCUT2D eigenvalue weighted by Gasteiger charge is -2.14. The minimum Gasteiger partial charge on any atom is -0.381 e. The molecule has 1 N–H and O–H groups in total. The van der Waals surface area contributed by atoms with E-state index in [0.717, 1.165) is 21.3 Å². The van der Waals surface area contributed by atoms with Crippen molar-refractivity contribution in [1.82, 2.24) is 0 Å². The van der Waals surface area contributed by atoms with Gasteiger partial charge in [0.05, 0.1) is 11.6 Å². The molecule has 106 valence electrons. The summed E-state index contributed by atoms with van der Waals surface area (Å²) in [4.78, 5) is 0. The summed E-state index contributed by atoms with van der Waals surface area (Å²) >= 11 is 9.44. The molecule has 0 radical (unpaired) electrons. The van der Waals surface area contributed by atoms with Crippen LogP contribution in [0.2, 0.25) is 5.02 Å². The molecule has 0 aliphatic carbocycles. The van der Waals surface area contributed by atoms with Crippen molar-refractivity contribution in [2.75, 3.05) is 12.4 Å². The summed E-state index contributed by atoms with van der Waals surface area (Å²) < 4.78 is 19.5. The number of anilines is 1. The molecule has 0 heterocycles. The highest BCUT2D eigenvalue weighted by molar-refractivity contribution is 9.10. The molecule has 0 unspecified atom stereocenters. The van der Waals surface area contributed by atoms with Crippen molar-refractivity contribution in [2.24, 2.45) is 0 Å². The summed E-state index contributed by atoms with van der Waals surface area (Å²) in [5, 5.41) is 3.42. The molecule has 2 rings (SSSR count). The van der Waals surface area contributed by atoms with E-state index in [0.29, 0.717) is 13.2 Å². The first-order chi connectivity index (χ1) is 9.63. The number of methoxy groups -OCH3 is 1. The highest BCUT2D eigenvalue weighted by Crippen LogP contribution is 2.27. The van der Waals surface area contributed by atoms with Crippen LogP contribution in [0.1, 0.15) is 11.1 Å². The predicted molar refractivity (Wildman–Crippen MR) is 83.6 cm³/mol. The number of ether oxygens (including phenoxy) is 1. The minimum atomic E-state index is -0.405. The molecule has 2 nitrogen and oxygen atoms in total. The molecule has 0 aromatic heterocycles. The Morgan fingerprint density at radius 2 is 2.00 bits per heavy atom. The van der Waals surface area contributed by atoms with Crippen molar-refractivity contribution < 1.29 is 9.13 Å². The van der Waals surface area contributed by atoms with Gasteiger partial charge in [0, 0.05) is 29.4 Å². The molecule has 0 aliphatic heterocycles. The SMILES string of the molecule is COCc1c(Br)cccc1NCc1cccc(F)c1Cl. The number of benzene rings is 2. The Labute approximate surface area is 131 Å². The number of halogens is 3. The van der Waals surface area contributed by atoms with E-state index in [1.807, 2.05) is 18.2 Å². The van der Waals surface area contributed by atoms with Crippen LogP contribution < -0.4 is 5.32 Å². The quantitative estimate of drug-likeness (QED) is 0.812. The van der Waals surface area contributed by atoms with Gasteiger partial charge in [0.1, 0.15) is 5.82 Å². The molecule has 0 bridgehead atoms. The number of hydrogen-bond donors (Lipinski definition) is 1. The lowest BCUT2D eigenvalue weighted by Crippen LogP contribution is -2.04. The molecule has 2 aromatic carbocycles. The molecule has 2 aromatic rings. The molecule has 0 atom stereocenters. The Balaban J connectivity index is 2.19. The zero-order valence-corrected chi connectivity index (χ0v) is 13.3. The first kappa shape index (κ1) is 15.3. The van der Waals surface area contributed by atoms with E-state index in [9.17, 15) is 4.39 Å². The van der Waals surface area contributed by atoms with Crippen LogP contribution in [0.25, 0.3) is 0 Å². The summed E-state index contributed by atoms with van der Waals surface area (Å²) in [6.07, 6.45) is 0. The monoisotopic (exact) mass is 357 g/mol. The van der Waals surface area contributed by atoms with Gasteiger partial charge in [0.2, 0.25) is 0 Å². The van der Waals surface area contributed by atoms with Gasteiger partial charge in [-0.05, 0) is 23.8 Å². The van der Waals surface area contributed by atoms with Gasteiger partial charge in [-0.3, -0.25) is 0 Å². The van der Waals surface area contributed by atoms with Crippen LogP contribution in [0.15, 0.2) is 40.9 Å². The summed E-state index contributed by atoms with van der Waals surface area (Å²) in [6.45, 7) is 0.935. The van der Waals surface area contributed by atoms with Crippen LogP contribution in [0.5, 0.6) is 0 Å². The van der Waals surface area contributed by atoms with Crippen molar-refractivity contribution >= 4 is 33.2 Å². The number of rotatable bonds is 5. The highest BCUT2D eigenvalue weighted by atomic mass is 79.9. The van der Waals surface area contributed by atoms with Crippen molar-refractivity contribution in [2.45, 2.75) is 13.2 Å². The maximum absolute atomic E-state index is 13.4. The smallest absolute Gasteiger partial charge is 0.142 e. The van der Waals surface area contributed by atoms with Crippen LogP contribution >= 0.6 is 27.5 Å². The molecule has 0 aliphatic rings. The van der Waals surface area contributed by atoms with Gasteiger partial charge in [-0.2, -0.15) is 0 Å². The van der Waals surface area contributed by atoms with Crippen molar-refractivity contribution in [3.8, 4) is 0 Å². The Bertz CT molecular complexity index is 606. The third-order valence-electron chi connectivity index (χ3n) is 2.91. The lowest BCUT2D eigenvalue weighted by molar-refractivity contribution is 0.185. The van der Waals surface area contributed by atoms with E-state index in [2.05, 4.69) is 21.2 Å². The fraction of sp³-hybridized carbons (Fsp3) is 0.200. The molecule has 0 fully saturated rings. The Kier molecular flexibility index (Phi) is 5.40. The van der Waals surface area contributed by atoms with E-state index >= 15 is 0 Å². The predicted octanol–water partition coefficient (Wildman–Crippen LogP) is 5.00. The second-order valence-corrected chi connectivity index (χ2v) is 5.50. The molecule has 5 heteroatoms. The van der Waals surface area contributed by atoms with Crippen LogP contribution in [0, 0.1) is 5.82 Å². The number of nitrogens with one attached hydrogen (secondary N) is 1. The van der Waals surface area contributed by atoms with Gasteiger partial charge in [0.25, 0.3) is 0 Å². The second kappa shape index (κ2) is 7.07. The molecular formula is C15H14BrClFNO. The summed E-state index contributed by atoms with van der Waals surface area (Å²) in [5.74, 6) is -0.405. The summed E-state index contributed by atoms with van der Waals surface area (Å²) in [6, 6.07) is 10.6. The molecule has 0 spiro atoms. The van der Waals surface area contributed by atoms with E-state index in [-0.39, 0.29) is 5.02 Å². The van der Waals surface area contributed by atoms with Crippen LogP contribution in [-0.2, 0) is 17.9 Å². The van der Waals surface area contributed by atoms with E-state index < -0.39 is 5.82 Å². The number of hydrogen-bond acceptors (Lipinski definition) is 2. The Morgan fingerprint density at radius 3 is 2.75 bits per heavy atom. The largest absolute Gasteiger partial charge is 0.381 e. The first-order valence-electron chi connectivity index (χ1n) is 6.06.